The van der Waals surface area contributed by atoms with Gasteiger partial charge in [-0.05, 0) is 42.3 Å². The molecule has 2 aromatic carbocycles. The first-order valence-electron chi connectivity index (χ1n) is 6.10. The fraction of sp³-hybridized carbons (Fsp3) is 0.200. The molecule has 2 nitrogen and oxygen atoms in total. The zero-order valence-electron chi connectivity index (χ0n) is 10.8. The Morgan fingerprint density at radius 1 is 1.21 bits per heavy atom. The Morgan fingerprint density at radius 3 is 2.58 bits per heavy atom. The number of hydrazine groups is 1. The summed E-state index contributed by atoms with van der Waals surface area (Å²) in [7, 11) is 0. The van der Waals surface area contributed by atoms with Crippen LogP contribution in [0.15, 0.2) is 53.4 Å². The number of nitrogens with two attached hydrogens (primary N) is 1. The second kappa shape index (κ2) is 6.70. The van der Waals surface area contributed by atoms with Crippen LogP contribution in [0.5, 0.6) is 0 Å². The van der Waals surface area contributed by atoms with Crippen molar-refractivity contribution in [2.24, 2.45) is 5.84 Å². The molecule has 0 bridgehead atoms. The molecule has 0 spiro atoms. The molecule has 0 saturated carbocycles. The number of halogens is 1. The molecule has 2 rings (SSSR count). The van der Waals surface area contributed by atoms with E-state index in [0.29, 0.717) is 0 Å². The third-order valence-corrected chi connectivity index (χ3v) is 3.93. The molecule has 0 fully saturated rings. The number of hydrogen-bond donors (Lipinski definition) is 2. The first-order valence-corrected chi connectivity index (χ1v) is 7.08. The third kappa shape index (κ3) is 4.06. The summed E-state index contributed by atoms with van der Waals surface area (Å²) in [4.78, 5) is 1.18. The summed E-state index contributed by atoms with van der Waals surface area (Å²) >= 11 is 1.69. The van der Waals surface area contributed by atoms with Crippen LogP contribution in [0.2, 0.25) is 0 Å². The van der Waals surface area contributed by atoms with Gasteiger partial charge in [0.25, 0.3) is 0 Å². The Labute approximate surface area is 117 Å². The highest BCUT2D eigenvalue weighted by molar-refractivity contribution is 7.99. The molecular formula is C15H17FN2S. The van der Waals surface area contributed by atoms with Crippen molar-refractivity contribution in [1.29, 1.82) is 0 Å². The summed E-state index contributed by atoms with van der Waals surface area (Å²) in [6, 6.07) is 15.0. The summed E-state index contributed by atoms with van der Waals surface area (Å²) < 4.78 is 13.4. The van der Waals surface area contributed by atoms with E-state index in [2.05, 4.69) is 17.6 Å². The van der Waals surface area contributed by atoms with Gasteiger partial charge in [-0.15, -0.1) is 11.8 Å². The number of benzene rings is 2. The monoisotopic (exact) mass is 276 g/mol. The van der Waals surface area contributed by atoms with Crippen LogP contribution in [0.3, 0.4) is 0 Å². The highest BCUT2D eigenvalue weighted by Gasteiger charge is 2.11. The van der Waals surface area contributed by atoms with Crippen LogP contribution in [0, 0.1) is 12.7 Å². The predicted molar refractivity (Wildman–Crippen MR) is 78.4 cm³/mol. The Morgan fingerprint density at radius 2 is 1.95 bits per heavy atom. The van der Waals surface area contributed by atoms with Crippen molar-refractivity contribution in [1.82, 2.24) is 5.43 Å². The standard InChI is InChI=1S/C15H17FN2S/c1-11-7-12(9-13(16)8-11)15(18-17)10-19-14-5-3-2-4-6-14/h2-9,15,18H,10,17H2,1H3. The fourth-order valence-corrected chi connectivity index (χ4v) is 2.90. The quantitative estimate of drug-likeness (QED) is 0.499. The molecule has 0 aliphatic rings. The van der Waals surface area contributed by atoms with Crippen molar-refractivity contribution < 1.29 is 4.39 Å². The van der Waals surface area contributed by atoms with Crippen molar-refractivity contribution >= 4 is 11.8 Å². The Hall–Kier alpha value is -1.36. The minimum Gasteiger partial charge on any atom is -0.271 e. The maximum atomic E-state index is 13.4. The number of aryl methyl sites for hydroxylation is 1. The van der Waals surface area contributed by atoms with Crippen LogP contribution < -0.4 is 11.3 Å². The van der Waals surface area contributed by atoms with Gasteiger partial charge in [-0.3, -0.25) is 11.3 Å². The smallest absolute Gasteiger partial charge is 0.123 e. The van der Waals surface area contributed by atoms with E-state index in [1.54, 1.807) is 11.8 Å². The van der Waals surface area contributed by atoms with Gasteiger partial charge in [0, 0.05) is 10.6 Å². The van der Waals surface area contributed by atoms with E-state index >= 15 is 0 Å². The minimum absolute atomic E-state index is 0.0698. The molecule has 0 radical (unpaired) electrons. The number of hydrogen-bond acceptors (Lipinski definition) is 3. The highest BCUT2D eigenvalue weighted by Crippen LogP contribution is 2.25. The lowest BCUT2D eigenvalue weighted by molar-refractivity contribution is 0.590. The Kier molecular flexibility index (Phi) is 4.96. The summed E-state index contributed by atoms with van der Waals surface area (Å²) in [6.07, 6.45) is 0. The molecule has 2 aromatic rings. The maximum absolute atomic E-state index is 13.4. The molecule has 19 heavy (non-hydrogen) atoms. The van der Waals surface area contributed by atoms with Crippen LogP contribution in [-0.2, 0) is 0 Å². The van der Waals surface area contributed by atoms with Gasteiger partial charge in [-0.2, -0.15) is 0 Å². The fourth-order valence-electron chi connectivity index (χ4n) is 1.90. The molecule has 1 atom stereocenters. The van der Waals surface area contributed by atoms with Crippen LogP contribution >= 0.6 is 11.8 Å². The molecular weight excluding hydrogens is 259 g/mol. The first kappa shape index (κ1) is 14.1. The van der Waals surface area contributed by atoms with E-state index in [9.17, 15) is 4.39 Å². The zero-order valence-corrected chi connectivity index (χ0v) is 11.6. The SMILES string of the molecule is Cc1cc(F)cc(C(CSc2ccccc2)NN)c1. The number of rotatable bonds is 5. The maximum Gasteiger partial charge on any atom is 0.123 e. The van der Waals surface area contributed by atoms with Crippen LogP contribution in [0.4, 0.5) is 4.39 Å². The summed E-state index contributed by atoms with van der Waals surface area (Å²) in [5.41, 5.74) is 4.54. The third-order valence-electron chi connectivity index (χ3n) is 2.83. The summed E-state index contributed by atoms with van der Waals surface area (Å²) in [5, 5.41) is 0. The van der Waals surface area contributed by atoms with Gasteiger partial charge in [-0.25, -0.2) is 4.39 Å². The molecule has 0 amide bonds. The van der Waals surface area contributed by atoms with Crippen molar-refractivity contribution in [3.05, 3.63) is 65.5 Å². The normalized spacial score (nSPS) is 12.4. The van der Waals surface area contributed by atoms with E-state index in [0.717, 1.165) is 16.9 Å². The molecule has 0 aliphatic heterocycles. The van der Waals surface area contributed by atoms with Gasteiger partial charge in [0.15, 0.2) is 0 Å². The lowest BCUT2D eigenvalue weighted by atomic mass is 10.1. The van der Waals surface area contributed by atoms with Crippen LogP contribution in [-0.4, -0.2) is 5.75 Å². The predicted octanol–water partition coefficient (Wildman–Crippen LogP) is 3.43. The Balaban J connectivity index is 2.07. The van der Waals surface area contributed by atoms with E-state index in [1.807, 2.05) is 31.2 Å². The van der Waals surface area contributed by atoms with Crippen molar-refractivity contribution in [2.75, 3.05) is 5.75 Å². The lowest BCUT2D eigenvalue weighted by Gasteiger charge is -2.16. The zero-order chi connectivity index (χ0) is 13.7. The first-order chi connectivity index (χ1) is 9.19. The van der Waals surface area contributed by atoms with Crippen molar-refractivity contribution in [2.45, 2.75) is 17.9 Å². The summed E-state index contributed by atoms with van der Waals surface area (Å²) in [6.45, 7) is 1.88. The van der Waals surface area contributed by atoms with Crippen LogP contribution in [0.25, 0.3) is 0 Å². The topological polar surface area (TPSA) is 38.0 Å². The van der Waals surface area contributed by atoms with Gasteiger partial charge < -0.3 is 0 Å². The average Bonchev–Trinajstić information content (AvgIpc) is 2.39. The second-order valence-electron chi connectivity index (χ2n) is 4.41. The molecule has 1 unspecified atom stereocenters. The highest BCUT2D eigenvalue weighted by atomic mass is 32.2. The van der Waals surface area contributed by atoms with E-state index < -0.39 is 0 Å². The molecule has 0 heterocycles. The van der Waals surface area contributed by atoms with Gasteiger partial charge in [0.2, 0.25) is 0 Å². The van der Waals surface area contributed by atoms with Gasteiger partial charge in [-0.1, -0.05) is 24.3 Å². The number of thioether (sulfide) groups is 1. The van der Waals surface area contributed by atoms with Gasteiger partial charge in [0.05, 0.1) is 6.04 Å². The summed E-state index contributed by atoms with van der Waals surface area (Å²) in [5.74, 6) is 6.11. The molecule has 4 heteroatoms. The van der Waals surface area contributed by atoms with Crippen LogP contribution in [0.1, 0.15) is 17.2 Å². The van der Waals surface area contributed by atoms with Gasteiger partial charge >= 0.3 is 0 Å². The molecule has 0 saturated heterocycles. The molecule has 100 valence electrons. The van der Waals surface area contributed by atoms with E-state index in [1.165, 1.54) is 17.0 Å². The average molecular weight is 276 g/mol. The second-order valence-corrected chi connectivity index (χ2v) is 5.50. The van der Waals surface area contributed by atoms with Crippen molar-refractivity contribution in [3.8, 4) is 0 Å². The molecule has 0 aromatic heterocycles. The van der Waals surface area contributed by atoms with Crippen molar-refractivity contribution in [3.63, 3.8) is 0 Å². The molecule has 3 N–H and O–H groups in total. The number of nitrogens with one attached hydrogen (secondary N) is 1. The Bertz CT molecular complexity index is 511. The lowest BCUT2D eigenvalue weighted by Crippen LogP contribution is -2.29. The van der Waals surface area contributed by atoms with E-state index in [-0.39, 0.29) is 11.9 Å². The molecule has 0 aliphatic carbocycles. The van der Waals surface area contributed by atoms with E-state index in [4.69, 9.17) is 5.84 Å². The van der Waals surface area contributed by atoms with Gasteiger partial charge in [0.1, 0.15) is 5.82 Å². The minimum atomic E-state index is -0.222. The largest absolute Gasteiger partial charge is 0.271 e.